The van der Waals surface area contributed by atoms with Gasteiger partial charge in [0.25, 0.3) is 5.56 Å². The number of rotatable bonds is 15. The molecule has 2 aliphatic rings. The van der Waals surface area contributed by atoms with Crippen LogP contribution in [0, 0.1) is 5.41 Å². The van der Waals surface area contributed by atoms with Crippen molar-refractivity contribution in [2.24, 2.45) is 5.41 Å². The summed E-state index contributed by atoms with van der Waals surface area (Å²) in [5.74, 6) is -0.290. The number of aromatic amines is 1. The van der Waals surface area contributed by atoms with Crippen LogP contribution < -0.4 is 20.9 Å². The quantitative estimate of drug-likeness (QED) is 0.157. The number of ether oxygens (including phenoxy) is 3. The number of nitrogen functional groups attached to an aromatic ring is 1. The van der Waals surface area contributed by atoms with Crippen molar-refractivity contribution in [2.75, 3.05) is 25.6 Å². The molecule has 2 fully saturated rings. The second kappa shape index (κ2) is 14.3. The van der Waals surface area contributed by atoms with E-state index in [1.807, 2.05) is 13.8 Å². The Morgan fingerprint density at radius 1 is 1.29 bits per heavy atom. The third kappa shape index (κ3) is 8.39. The molecule has 0 amide bonds. The van der Waals surface area contributed by atoms with E-state index in [4.69, 9.17) is 29.0 Å². The van der Waals surface area contributed by atoms with E-state index >= 15 is 0 Å². The molecular formula is C30H41N6O8P. The average molecular weight is 645 g/mol. The van der Waals surface area contributed by atoms with Gasteiger partial charge in [0.05, 0.1) is 19.3 Å². The second-order valence-electron chi connectivity index (χ2n) is 11.6. The molecule has 1 aromatic carbocycles. The van der Waals surface area contributed by atoms with Crippen molar-refractivity contribution >= 4 is 37.0 Å². The highest BCUT2D eigenvalue weighted by atomic mass is 31.2. The summed E-state index contributed by atoms with van der Waals surface area (Å²) in [6.07, 6.45) is 7.44. The number of benzene rings is 1. The number of fused-ring (bicyclic) bond motifs is 1. The molecule has 1 saturated heterocycles. The number of carbonyl (C=O) groups excluding carboxylic acids is 1. The second-order valence-corrected chi connectivity index (χ2v) is 13.2. The highest BCUT2D eigenvalue weighted by Crippen LogP contribution is 2.57. The fraction of sp³-hybridized carbons (Fsp3) is 0.533. The van der Waals surface area contributed by atoms with Gasteiger partial charge in [0.15, 0.2) is 17.5 Å². The number of H-pyrrole nitrogens is 1. The van der Waals surface area contributed by atoms with Crippen LogP contribution in [-0.2, 0) is 28.1 Å². The van der Waals surface area contributed by atoms with Crippen LogP contribution in [0.25, 0.3) is 17.4 Å². The van der Waals surface area contributed by atoms with Crippen molar-refractivity contribution in [1.29, 1.82) is 0 Å². The Labute approximate surface area is 261 Å². The summed E-state index contributed by atoms with van der Waals surface area (Å²) in [5.41, 5.74) is 5.95. The fourth-order valence-electron chi connectivity index (χ4n) is 5.11. The number of nitrogens with one attached hydrogen (secondary N) is 2. The topological polar surface area (TPSA) is 182 Å². The molecule has 3 unspecified atom stereocenters. The Morgan fingerprint density at radius 2 is 2.09 bits per heavy atom. The summed E-state index contributed by atoms with van der Waals surface area (Å²) < 4.78 is 45.3. The Bertz CT molecular complexity index is 1600. The van der Waals surface area contributed by atoms with Crippen LogP contribution in [0.15, 0.2) is 47.0 Å². The number of para-hydroxylation sites is 1. The lowest BCUT2D eigenvalue weighted by molar-refractivity contribution is -0.171. The number of nitrogens with zero attached hydrogens (tertiary/aromatic N) is 3. The molecular weight excluding hydrogens is 603 g/mol. The zero-order valence-corrected chi connectivity index (χ0v) is 26.7. The highest BCUT2D eigenvalue weighted by Gasteiger charge is 2.52. The third-order valence-electron chi connectivity index (χ3n) is 7.71. The summed E-state index contributed by atoms with van der Waals surface area (Å²) in [5, 5.41) is 2.77. The predicted octanol–water partition coefficient (Wildman–Crippen LogP) is 4.39. The van der Waals surface area contributed by atoms with Gasteiger partial charge < -0.3 is 24.5 Å². The zero-order chi connectivity index (χ0) is 32.0. The largest absolute Gasteiger partial charge is 0.462 e. The summed E-state index contributed by atoms with van der Waals surface area (Å²) in [6.45, 7) is 6.13. The van der Waals surface area contributed by atoms with Crippen molar-refractivity contribution < 1.29 is 32.6 Å². The maximum Gasteiger partial charge on any atom is 0.459 e. The molecule has 3 aromatic rings. The van der Waals surface area contributed by atoms with E-state index in [0.717, 1.165) is 31.3 Å². The van der Waals surface area contributed by atoms with Gasteiger partial charge in [0.1, 0.15) is 18.1 Å². The lowest BCUT2D eigenvalue weighted by Gasteiger charge is -2.27. The Kier molecular flexibility index (Phi) is 10.4. The number of aromatic nitrogens is 4. The van der Waals surface area contributed by atoms with E-state index in [1.54, 1.807) is 48.0 Å². The maximum atomic E-state index is 14.2. The van der Waals surface area contributed by atoms with Crippen LogP contribution >= 0.6 is 7.75 Å². The first-order chi connectivity index (χ1) is 21.6. The fourth-order valence-corrected chi connectivity index (χ4v) is 6.68. The van der Waals surface area contributed by atoms with Crippen LogP contribution in [0.4, 0.5) is 5.95 Å². The van der Waals surface area contributed by atoms with E-state index in [1.165, 1.54) is 6.33 Å². The first-order valence-corrected chi connectivity index (χ1v) is 16.8. The van der Waals surface area contributed by atoms with Crippen molar-refractivity contribution in [3.8, 4) is 5.75 Å². The molecule has 3 heterocycles. The molecule has 0 radical (unpaired) electrons. The van der Waals surface area contributed by atoms with Gasteiger partial charge in [-0.1, -0.05) is 31.5 Å². The minimum absolute atomic E-state index is 0.0300. The van der Waals surface area contributed by atoms with E-state index < -0.39 is 30.7 Å². The summed E-state index contributed by atoms with van der Waals surface area (Å²) in [7, 11) is -4.13. The van der Waals surface area contributed by atoms with Crippen LogP contribution in [0.2, 0.25) is 0 Å². The van der Waals surface area contributed by atoms with Gasteiger partial charge in [-0.15, -0.1) is 0 Å². The van der Waals surface area contributed by atoms with Crippen molar-refractivity contribution in [2.45, 2.75) is 77.7 Å². The first kappa shape index (κ1) is 32.8. The lowest BCUT2D eigenvalue weighted by Crippen LogP contribution is -2.37. The molecule has 4 N–H and O–H groups in total. The molecule has 244 valence electrons. The Hall–Kier alpha value is -3.55. The lowest BCUT2D eigenvalue weighted by atomic mass is 10.1. The number of hydrogen-bond acceptors (Lipinski definition) is 11. The van der Waals surface area contributed by atoms with Crippen LogP contribution in [0.5, 0.6) is 5.75 Å². The van der Waals surface area contributed by atoms with Crippen molar-refractivity contribution in [3.63, 3.8) is 0 Å². The summed E-state index contributed by atoms with van der Waals surface area (Å²) in [6, 6.07) is 7.60. The van der Waals surface area contributed by atoms with Crippen LogP contribution in [0.3, 0.4) is 0 Å². The van der Waals surface area contributed by atoms with Gasteiger partial charge in [-0.3, -0.25) is 23.7 Å². The molecule has 0 bridgehead atoms. The molecule has 1 aliphatic carbocycles. The number of anilines is 1. The predicted molar refractivity (Wildman–Crippen MR) is 167 cm³/mol. The highest BCUT2D eigenvalue weighted by molar-refractivity contribution is 7.52. The van der Waals surface area contributed by atoms with E-state index in [0.29, 0.717) is 30.8 Å². The third-order valence-corrected chi connectivity index (χ3v) is 9.34. The number of imidazole rings is 1. The summed E-state index contributed by atoms with van der Waals surface area (Å²) >= 11 is 0. The van der Waals surface area contributed by atoms with Gasteiger partial charge in [0, 0.05) is 18.2 Å². The Morgan fingerprint density at radius 3 is 2.82 bits per heavy atom. The molecule has 15 heteroatoms. The van der Waals surface area contributed by atoms with E-state index in [-0.39, 0.29) is 37.1 Å². The van der Waals surface area contributed by atoms with Gasteiger partial charge in [-0.05, 0) is 63.7 Å². The van der Waals surface area contributed by atoms with E-state index in [9.17, 15) is 14.2 Å². The zero-order valence-electron chi connectivity index (χ0n) is 25.8. The molecule has 0 spiro atoms. The number of hydrogen-bond donors (Lipinski definition) is 3. The number of carbonyl (C=O) groups is 1. The van der Waals surface area contributed by atoms with Crippen molar-refractivity contribution in [1.82, 2.24) is 24.6 Å². The van der Waals surface area contributed by atoms with Gasteiger partial charge in [-0.25, -0.2) is 9.55 Å². The summed E-state index contributed by atoms with van der Waals surface area (Å²) in [4.78, 5) is 36.0. The monoisotopic (exact) mass is 644 g/mol. The van der Waals surface area contributed by atoms with Gasteiger partial charge in [0.2, 0.25) is 5.95 Å². The normalized spacial score (nSPS) is 23.4. The minimum Gasteiger partial charge on any atom is -0.462 e. The standard InChI is InChI=1S/C30H41N6O8P/c1-4-10-20(2)43-28(38)21(3)35-45(39,44-23-11-6-5-7-12-23)42-18-30(17-41-24-13-8-9-14-40-24)15-22(30)16-36-19-32-25-26(36)33-29(31)34-27(25)37/h5-7,11-12,16,19-21,24H,4,8-10,13-15,17-18H2,1-3H3,(H,35,39)(H3,31,33,34,37)/b22-16-/t20-,21-,24?,30?,45?/m0/s1. The smallest absolute Gasteiger partial charge is 0.459 e. The SMILES string of the molecule is CCC[C@H](C)OC(=O)[C@H](C)NP(=O)(OCC1(COC2CCCCO2)C/C1=C/n1cnc2c(=O)[nH]c(N)nc21)Oc1ccccc1. The number of esters is 1. The number of nitrogens with two attached hydrogens (primary N) is 1. The average Bonchev–Trinajstić information content (AvgIpc) is 3.54. The maximum absolute atomic E-state index is 14.2. The van der Waals surface area contributed by atoms with Crippen molar-refractivity contribution in [3.05, 3.63) is 52.6 Å². The van der Waals surface area contributed by atoms with Gasteiger partial charge in [-0.2, -0.15) is 10.1 Å². The van der Waals surface area contributed by atoms with Crippen LogP contribution in [-0.4, -0.2) is 63.7 Å². The molecule has 1 aliphatic heterocycles. The molecule has 5 atom stereocenters. The molecule has 14 nitrogen and oxygen atoms in total. The van der Waals surface area contributed by atoms with Crippen LogP contribution in [0.1, 0.15) is 59.3 Å². The Balaban J connectivity index is 1.38. The first-order valence-electron chi connectivity index (χ1n) is 15.2. The molecule has 2 aromatic heterocycles. The molecule has 5 rings (SSSR count). The molecule has 1 saturated carbocycles. The minimum atomic E-state index is -4.13. The van der Waals surface area contributed by atoms with Gasteiger partial charge >= 0.3 is 13.7 Å². The molecule has 45 heavy (non-hydrogen) atoms. The van der Waals surface area contributed by atoms with E-state index in [2.05, 4.69) is 20.0 Å².